The maximum atomic E-state index is 14.5. The van der Waals surface area contributed by atoms with Gasteiger partial charge in [0.1, 0.15) is 29.7 Å². The predicted molar refractivity (Wildman–Crippen MR) is 123 cm³/mol. The number of aliphatic carboxylic acids is 1. The van der Waals surface area contributed by atoms with Crippen LogP contribution in [-0.4, -0.2) is 44.1 Å². The molecule has 1 unspecified atom stereocenters. The topological polar surface area (TPSA) is 114 Å². The zero-order valence-corrected chi connectivity index (χ0v) is 19.8. The second kappa shape index (κ2) is 10.8. The highest BCUT2D eigenvalue weighted by Gasteiger charge is 2.29. The Labute approximate surface area is 205 Å². The highest BCUT2D eigenvalue weighted by molar-refractivity contribution is 5.93. The highest BCUT2D eigenvalue weighted by Crippen LogP contribution is 2.27. The Morgan fingerprint density at radius 3 is 2.28 bits per heavy atom. The Morgan fingerprint density at radius 2 is 1.69 bits per heavy atom. The summed E-state index contributed by atoms with van der Waals surface area (Å²) in [5, 5.41) is 26.1. The summed E-state index contributed by atoms with van der Waals surface area (Å²) in [6, 6.07) is 8.16. The van der Waals surface area contributed by atoms with Crippen molar-refractivity contribution in [3.05, 3.63) is 77.2 Å². The van der Waals surface area contributed by atoms with Gasteiger partial charge >= 0.3 is 5.97 Å². The maximum absolute atomic E-state index is 14.5. The molecule has 3 N–H and O–H groups in total. The predicted octanol–water partition coefficient (Wildman–Crippen LogP) is 4.02. The first-order valence-electron chi connectivity index (χ1n) is 11.1. The zero-order chi connectivity index (χ0) is 26.6. The lowest BCUT2D eigenvalue weighted by atomic mass is 9.94. The SMILES string of the molecule is CC(C)C(C)(O)COc1cc(C(=O)N[C@@H](CC(=O)O)c2c(F)cccc2F)nn1-c1ccccc1F. The summed E-state index contributed by atoms with van der Waals surface area (Å²) in [5.41, 5.74) is -2.27. The average molecular weight is 505 g/mol. The fraction of sp³-hybridized carbons (Fsp3) is 0.320. The minimum absolute atomic E-state index is 0.0574. The summed E-state index contributed by atoms with van der Waals surface area (Å²) >= 11 is 0. The first kappa shape index (κ1) is 26.7. The molecule has 0 saturated carbocycles. The van der Waals surface area contributed by atoms with Crippen molar-refractivity contribution in [2.45, 2.75) is 38.8 Å². The Balaban J connectivity index is 1.98. The van der Waals surface area contributed by atoms with E-state index in [9.17, 15) is 33.0 Å². The van der Waals surface area contributed by atoms with E-state index in [0.717, 1.165) is 28.9 Å². The summed E-state index contributed by atoms with van der Waals surface area (Å²) < 4.78 is 49.9. The number of aliphatic hydroxyl groups is 1. The molecule has 0 aliphatic carbocycles. The van der Waals surface area contributed by atoms with Gasteiger partial charge in [-0.25, -0.2) is 13.2 Å². The Bertz CT molecular complexity index is 1240. The number of aromatic nitrogens is 2. The number of halogens is 3. The van der Waals surface area contributed by atoms with Crippen LogP contribution in [-0.2, 0) is 4.79 Å². The fourth-order valence-corrected chi connectivity index (χ4v) is 3.24. The number of rotatable bonds is 10. The van der Waals surface area contributed by atoms with E-state index in [4.69, 9.17) is 4.74 Å². The molecule has 2 atom stereocenters. The van der Waals surface area contributed by atoms with Crippen LogP contribution in [0.4, 0.5) is 13.2 Å². The van der Waals surface area contributed by atoms with Crippen molar-refractivity contribution in [2.75, 3.05) is 6.61 Å². The average Bonchev–Trinajstić information content (AvgIpc) is 3.21. The molecule has 1 heterocycles. The normalized spacial score (nSPS) is 13.8. The summed E-state index contributed by atoms with van der Waals surface area (Å²) in [4.78, 5) is 24.3. The van der Waals surface area contributed by atoms with Crippen molar-refractivity contribution in [2.24, 2.45) is 5.92 Å². The lowest BCUT2D eigenvalue weighted by Gasteiger charge is -2.27. The van der Waals surface area contributed by atoms with Crippen molar-refractivity contribution in [3.8, 4) is 11.6 Å². The third-order valence-electron chi connectivity index (χ3n) is 5.78. The van der Waals surface area contributed by atoms with E-state index in [1.54, 1.807) is 20.8 Å². The van der Waals surface area contributed by atoms with E-state index in [2.05, 4.69) is 10.4 Å². The van der Waals surface area contributed by atoms with E-state index in [0.29, 0.717) is 0 Å². The maximum Gasteiger partial charge on any atom is 0.305 e. The second-order valence-corrected chi connectivity index (χ2v) is 8.79. The number of hydrogen-bond donors (Lipinski definition) is 3. The Morgan fingerprint density at radius 1 is 1.08 bits per heavy atom. The van der Waals surface area contributed by atoms with Gasteiger partial charge in [0.2, 0.25) is 5.88 Å². The van der Waals surface area contributed by atoms with Crippen LogP contribution in [0.25, 0.3) is 5.69 Å². The lowest BCUT2D eigenvalue weighted by molar-refractivity contribution is -0.137. The zero-order valence-electron chi connectivity index (χ0n) is 19.8. The third kappa shape index (κ3) is 6.03. The molecule has 192 valence electrons. The first-order valence-corrected chi connectivity index (χ1v) is 11.1. The highest BCUT2D eigenvalue weighted by atomic mass is 19.1. The van der Waals surface area contributed by atoms with Crippen LogP contribution in [0.2, 0.25) is 0 Å². The van der Waals surface area contributed by atoms with E-state index in [-0.39, 0.29) is 29.8 Å². The number of hydrogen-bond acceptors (Lipinski definition) is 5. The molecule has 0 radical (unpaired) electrons. The number of amides is 1. The Kier molecular flexibility index (Phi) is 8.03. The number of carbonyl (C=O) groups excluding carboxylic acids is 1. The van der Waals surface area contributed by atoms with E-state index in [1.807, 2.05) is 0 Å². The molecule has 36 heavy (non-hydrogen) atoms. The van der Waals surface area contributed by atoms with Gasteiger partial charge in [-0.1, -0.05) is 32.0 Å². The Hall–Kier alpha value is -3.86. The van der Waals surface area contributed by atoms with Gasteiger partial charge in [0.25, 0.3) is 5.91 Å². The number of carboxylic acid groups (broad SMARTS) is 1. The van der Waals surface area contributed by atoms with E-state index in [1.165, 1.54) is 24.3 Å². The number of carbonyl (C=O) groups is 2. The van der Waals surface area contributed by atoms with Gasteiger partial charge in [-0.3, -0.25) is 9.59 Å². The van der Waals surface area contributed by atoms with Crippen LogP contribution in [0.3, 0.4) is 0 Å². The van der Waals surface area contributed by atoms with Crippen molar-refractivity contribution >= 4 is 11.9 Å². The standard InChI is InChI=1S/C25H26F3N3O5/c1-14(2)25(3,35)13-36-21-11-19(30-31(21)20-10-5-4-7-15(20)26)24(34)29-18(12-22(32)33)23-16(27)8-6-9-17(23)28/h4-11,14,18,35H,12-13H2,1-3H3,(H,29,34)(H,32,33)/t18-,25?/m0/s1. The van der Waals surface area contributed by atoms with Crippen LogP contribution < -0.4 is 10.1 Å². The summed E-state index contributed by atoms with van der Waals surface area (Å²) in [6.45, 7) is 4.89. The van der Waals surface area contributed by atoms with E-state index < -0.39 is 53.0 Å². The van der Waals surface area contributed by atoms with Gasteiger partial charge < -0.3 is 20.3 Å². The summed E-state index contributed by atoms with van der Waals surface area (Å²) in [5.74, 6) is -5.39. The smallest absolute Gasteiger partial charge is 0.305 e. The van der Waals surface area contributed by atoms with Crippen LogP contribution in [0.5, 0.6) is 5.88 Å². The van der Waals surface area contributed by atoms with Crippen molar-refractivity contribution in [3.63, 3.8) is 0 Å². The number of carboxylic acids is 1. The van der Waals surface area contributed by atoms with Crippen LogP contribution in [0.1, 0.15) is 49.3 Å². The van der Waals surface area contributed by atoms with E-state index >= 15 is 0 Å². The first-order chi connectivity index (χ1) is 16.9. The molecular formula is C25H26F3N3O5. The molecule has 0 aliphatic rings. The number of nitrogens with one attached hydrogen (secondary N) is 1. The van der Waals surface area contributed by atoms with Crippen LogP contribution in [0.15, 0.2) is 48.5 Å². The van der Waals surface area contributed by atoms with Gasteiger partial charge in [0, 0.05) is 11.6 Å². The molecule has 0 fully saturated rings. The quantitative estimate of drug-likeness (QED) is 0.384. The fourth-order valence-electron chi connectivity index (χ4n) is 3.24. The molecule has 0 bridgehead atoms. The second-order valence-electron chi connectivity index (χ2n) is 8.79. The summed E-state index contributed by atoms with van der Waals surface area (Å²) in [7, 11) is 0. The third-order valence-corrected chi connectivity index (χ3v) is 5.78. The number of nitrogens with zero attached hydrogens (tertiary/aromatic N) is 2. The van der Waals surface area contributed by atoms with Gasteiger partial charge in [0.05, 0.1) is 18.1 Å². The molecule has 3 rings (SSSR count). The largest absolute Gasteiger partial charge is 0.481 e. The minimum Gasteiger partial charge on any atom is -0.481 e. The van der Waals surface area contributed by atoms with Gasteiger partial charge in [-0.2, -0.15) is 9.78 Å². The molecule has 1 amide bonds. The molecule has 0 saturated heterocycles. The van der Waals surface area contributed by atoms with Gasteiger partial charge in [-0.15, -0.1) is 0 Å². The molecule has 1 aromatic heterocycles. The monoisotopic (exact) mass is 505 g/mol. The van der Waals surface area contributed by atoms with Gasteiger partial charge in [0.15, 0.2) is 5.69 Å². The van der Waals surface area contributed by atoms with Crippen molar-refractivity contribution in [1.82, 2.24) is 15.1 Å². The van der Waals surface area contributed by atoms with Gasteiger partial charge in [-0.05, 0) is 37.1 Å². The van der Waals surface area contributed by atoms with Crippen molar-refractivity contribution in [1.29, 1.82) is 0 Å². The van der Waals surface area contributed by atoms with Crippen LogP contribution in [0, 0.1) is 23.4 Å². The van der Waals surface area contributed by atoms with Crippen LogP contribution >= 0.6 is 0 Å². The molecule has 3 aromatic rings. The molecular weight excluding hydrogens is 479 g/mol. The number of benzene rings is 2. The van der Waals surface area contributed by atoms with Crippen molar-refractivity contribution < 1.29 is 37.7 Å². The molecule has 0 spiro atoms. The molecule has 11 heteroatoms. The molecule has 2 aromatic carbocycles. The lowest BCUT2D eigenvalue weighted by Crippen LogP contribution is -2.38. The summed E-state index contributed by atoms with van der Waals surface area (Å²) in [6.07, 6.45) is -0.807. The number of para-hydroxylation sites is 1. The number of ether oxygens (including phenoxy) is 1. The molecule has 8 nitrogen and oxygen atoms in total. The molecule has 0 aliphatic heterocycles. The minimum atomic E-state index is -1.55.